The minimum atomic E-state index is 0.437. The van der Waals surface area contributed by atoms with E-state index in [1.807, 2.05) is 6.20 Å². The van der Waals surface area contributed by atoms with Crippen LogP contribution in [-0.2, 0) is 19.5 Å². The summed E-state index contributed by atoms with van der Waals surface area (Å²) >= 11 is 0. The van der Waals surface area contributed by atoms with Crippen LogP contribution in [0.25, 0.3) is 0 Å². The van der Waals surface area contributed by atoms with Crippen LogP contribution >= 0.6 is 0 Å². The second kappa shape index (κ2) is 8.33. The van der Waals surface area contributed by atoms with Gasteiger partial charge < -0.3 is 10.2 Å². The van der Waals surface area contributed by atoms with Crippen molar-refractivity contribution in [3.05, 3.63) is 52.8 Å². The topological polar surface area (TPSA) is 47.2 Å². The number of nitrogens with zero attached hydrogens (tertiary/aromatic N) is 3. The average molecular weight is 354 g/mol. The Morgan fingerprint density at radius 2 is 1.81 bits per heavy atom. The van der Waals surface area contributed by atoms with Crippen molar-refractivity contribution in [1.29, 1.82) is 0 Å². The van der Waals surface area contributed by atoms with Crippen LogP contribution in [0.15, 0.2) is 30.5 Å². The molecule has 5 heteroatoms. The Bertz CT molecular complexity index is 685. The quantitative estimate of drug-likeness (QED) is 0.838. The number of likely N-dealkylation sites (N-methyl/N-ethyl adjacent to an activating group) is 1. The first-order valence-corrected chi connectivity index (χ1v) is 10.1. The molecular formula is C21H31N5. The number of rotatable bonds is 6. The second-order valence-electron chi connectivity index (χ2n) is 7.66. The summed E-state index contributed by atoms with van der Waals surface area (Å²) in [5, 5.41) is 11.1. The minimum absolute atomic E-state index is 0.437. The summed E-state index contributed by atoms with van der Waals surface area (Å²) in [7, 11) is 0. The molecule has 2 aromatic rings. The predicted octanol–water partition coefficient (Wildman–Crippen LogP) is 2.71. The van der Waals surface area contributed by atoms with Crippen molar-refractivity contribution >= 4 is 0 Å². The number of H-pyrrole nitrogens is 1. The first-order chi connectivity index (χ1) is 12.8. The fourth-order valence-corrected chi connectivity index (χ4v) is 4.20. The van der Waals surface area contributed by atoms with Crippen molar-refractivity contribution < 1.29 is 0 Å². The summed E-state index contributed by atoms with van der Waals surface area (Å²) in [6.07, 6.45) is 5.56. The van der Waals surface area contributed by atoms with Gasteiger partial charge in [-0.15, -0.1) is 0 Å². The zero-order chi connectivity index (χ0) is 17.8. The van der Waals surface area contributed by atoms with E-state index >= 15 is 0 Å². The summed E-state index contributed by atoms with van der Waals surface area (Å²) < 4.78 is 0. The van der Waals surface area contributed by atoms with E-state index in [2.05, 4.69) is 56.5 Å². The maximum atomic E-state index is 4.21. The fraction of sp³-hybridized carbons (Fsp3) is 0.571. The highest BCUT2D eigenvalue weighted by atomic mass is 15.3. The van der Waals surface area contributed by atoms with Gasteiger partial charge in [-0.3, -0.25) is 10.00 Å². The van der Waals surface area contributed by atoms with Gasteiger partial charge in [-0.05, 0) is 36.9 Å². The molecule has 5 nitrogen and oxygen atoms in total. The summed E-state index contributed by atoms with van der Waals surface area (Å²) in [5.41, 5.74) is 5.46. The molecule has 140 valence electrons. The molecule has 2 N–H and O–H groups in total. The van der Waals surface area contributed by atoms with Crippen molar-refractivity contribution in [2.45, 2.75) is 45.3 Å². The monoisotopic (exact) mass is 353 g/mol. The number of aromatic nitrogens is 2. The zero-order valence-electron chi connectivity index (χ0n) is 15.9. The van der Waals surface area contributed by atoms with Gasteiger partial charge in [-0.2, -0.15) is 5.10 Å². The van der Waals surface area contributed by atoms with Gasteiger partial charge in [-0.1, -0.05) is 31.2 Å². The van der Waals surface area contributed by atoms with E-state index < -0.39 is 0 Å². The molecule has 0 saturated carbocycles. The van der Waals surface area contributed by atoms with E-state index in [-0.39, 0.29) is 0 Å². The number of nitrogens with one attached hydrogen (secondary N) is 2. The molecule has 0 radical (unpaired) electrons. The van der Waals surface area contributed by atoms with Crippen LogP contribution in [0.3, 0.4) is 0 Å². The number of aryl methyl sites for hydroxylation is 1. The molecule has 1 unspecified atom stereocenters. The second-order valence-corrected chi connectivity index (χ2v) is 7.66. The molecule has 1 aromatic heterocycles. The van der Waals surface area contributed by atoms with Crippen molar-refractivity contribution in [2.24, 2.45) is 0 Å². The molecule has 2 heterocycles. The fourth-order valence-electron chi connectivity index (χ4n) is 4.20. The Labute approximate surface area is 156 Å². The van der Waals surface area contributed by atoms with E-state index in [1.165, 1.54) is 67.9 Å². The Morgan fingerprint density at radius 1 is 1.08 bits per heavy atom. The van der Waals surface area contributed by atoms with E-state index in [0.717, 1.165) is 19.5 Å². The molecule has 1 aliphatic carbocycles. The third-order valence-corrected chi connectivity index (χ3v) is 5.94. The maximum absolute atomic E-state index is 4.21. The Morgan fingerprint density at radius 3 is 2.58 bits per heavy atom. The molecule has 4 rings (SSSR count). The summed E-state index contributed by atoms with van der Waals surface area (Å²) in [4.78, 5) is 5.10. The van der Waals surface area contributed by atoms with Gasteiger partial charge >= 0.3 is 0 Å². The van der Waals surface area contributed by atoms with Gasteiger partial charge in [-0.25, -0.2) is 0 Å². The SMILES string of the molecule is CCN1CCN(Cc2ccc(CNC3CCCc4[nH]ncc43)cc2)CC1. The summed E-state index contributed by atoms with van der Waals surface area (Å²) in [5.74, 6) is 0. The highest BCUT2D eigenvalue weighted by Gasteiger charge is 2.21. The highest BCUT2D eigenvalue weighted by molar-refractivity contribution is 5.25. The van der Waals surface area contributed by atoms with Crippen LogP contribution in [0.2, 0.25) is 0 Å². The number of hydrogen-bond acceptors (Lipinski definition) is 4. The molecule has 0 amide bonds. The lowest BCUT2D eigenvalue weighted by atomic mass is 9.93. The molecule has 26 heavy (non-hydrogen) atoms. The molecule has 0 spiro atoms. The van der Waals surface area contributed by atoms with E-state index in [0.29, 0.717) is 6.04 Å². The first kappa shape index (κ1) is 17.7. The van der Waals surface area contributed by atoms with Crippen molar-refractivity contribution in [3.63, 3.8) is 0 Å². The van der Waals surface area contributed by atoms with Crippen molar-refractivity contribution in [1.82, 2.24) is 25.3 Å². The molecular weight excluding hydrogens is 322 g/mol. The predicted molar refractivity (Wildman–Crippen MR) is 105 cm³/mol. The molecule has 1 fully saturated rings. The number of piperazine rings is 1. The minimum Gasteiger partial charge on any atom is -0.306 e. The van der Waals surface area contributed by atoms with Gasteiger partial charge in [0.1, 0.15) is 0 Å². The van der Waals surface area contributed by atoms with Crippen molar-refractivity contribution in [3.8, 4) is 0 Å². The molecule has 1 aliphatic heterocycles. The van der Waals surface area contributed by atoms with Gasteiger partial charge in [0.15, 0.2) is 0 Å². The number of hydrogen-bond donors (Lipinski definition) is 2. The Balaban J connectivity index is 1.27. The standard InChI is InChI=1S/C21H31N5/c1-2-25-10-12-26(13-11-25)16-18-8-6-17(7-9-18)14-22-20-4-3-5-21-19(20)15-23-24-21/h6-9,15,20,22H,2-5,10-14,16H2,1H3,(H,23,24). The van der Waals surface area contributed by atoms with Crippen LogP contribution in [0.1, 0.15) is 48.2 Å². The molecule has 0 bridgehead atoms. The van der Waals surface area contributed by atoms with Gasteiger partial charge in [0.05, 0.1) is 6.20 Å². The van der Waals surface area contributed by atoms with Crippen LogP contribution in [-0.4, -0.2) is 52.7 Å². The Hall–Kier alpha value is -1.69. The molecule has 1 aromatic carbocycles. The zero-order valence-corrected chi connectivity index (χ0v) is 15.9. The average Bonchev–Trinajstić information content (AvgIpc) is 3.17. The van der Waals surface area contributed by atoms with Gasteiger partial charge in [0.25, 0.3) is 0 Å². The van der Waals surface area contributed by atoms with Crippen LogP contribution in [0, 0.1) is 0 Å². The smallest absolute Gasteiger partial charge is 0.0538 e. The van der Waals surface area contributed by atoms with E-state index in [9.17, 15) is 0 Å². The van der Waals surface area contributed by atoms with E-state index in [4.69, 9.17) is 0 Å². The van der Waals surface area contributed by atoms with Gasteiger partial charge in [0.2, 0.25) is 0 Å². The third kappa shape index (κ3) is 4.17. The molecule has 1 atom stereocenters. The Kier molecular flexibility index (Phi) is 5.68. The molecule has 2 aliphatic rings. The van der Waals surface area contributed by atoms with Crippen LogP contribution < -0.4 is 5.32 Å². The lowest BCUT2D eigenvalue weighted by Gasteiger charge is -2.34. The number of benzene rings is 1. The largest absolute Gasteiger partial charge is 0.306 e. The lowest BCUT2D eigenvalue weighted by Crippen LogP contribution is -2.45. The normalized spacial score (nSPS) is 21.7. The number of fused-ring (bicyclic) bond motifs is 1. The summed E-state index contributed by atoms with van der Waals surface area (Å²) in [6.45, 7) is 10.2. The van der Waals surface area contributed by atoms with Crippen molar-refractivity contribution in [2.75, 3.05) is 32.7 Å². The number of aromatic amines is 1. The molecule has 1 saturated heterocycles. The lowest BCUT2D eigenvalue weighted by molar-refractivity contribution is 0.132. The van der Waals surface area contributed by atoms with Gasteiger partial charge in [0, 0.05) is 56.6 Å². The van der Waals surface area contributed by atoms with Crippen LogP contribution in [0.4, 0.5) is 0 Å². The summed E-state index contributed by atoms with van der Waals surface area (Å²) in [6, 6.07) is 9.60. The van der Waals surface area contributed by atoms with E-state index in [1.54, 1.807) is 0 Å². The first-order valence-electron chi connectivity index (χ1n) is 10.1. The van der Waals surface area contributed by atoms with Crippen LogP contribution in [0.5, 0.6) is 0 Å². The third-order valence-electron chi connectivity index (χ3n) is 5.94. The maximum Gasteiger partial charge on any atom is 0.0538 e. The highest BCUT2D eigenvalue weighted by Crippen LogP contribution is 2.28.